The van der Waals surface area contributed by atoms with Gasteiger partial charge in [0, 0.05) is 25.0 Å². The van der Waals surface area contributed by atoms with E-state index < -0.39 is 0 Å². The molecule has 0 saturated carbocycles. The van der Waals surface area contributed by atoms with Crippen LogP contribution in [0.3, 0.4) is 0 Å². The van der Waals surface area contributed by atoms with Crippen LogP contribution in [0.15, 0.2) is 47.7 Å². The summed E-state index contributed by atoms with van der Waals surface area (Å²) >= 11 is 5.16. The number of hydrogen-bond donors (Lipinski definition) is 2. The van der Waals surface area contributed by atoms with Crippen LogP contribution >= 0.6 is 12.2 Å². The average Bonchev–Trinajstić information content (AvgIpc) is 2.85. The number of rotatable bonds is 4. The standard InChI is InChI=1S/C14H16N4OS/c1-18-8-4-6-12(18)10-15-17-14(20)16-11-5-3-7-13(9-11)19-2/h3-10H,1-2H3,(H2,16,17,20). The van der Waals surface area contributed by atoms with Crippen molar-refractivity contribution in [2.45, 2.75) is 0 Å². The summed E-state index contributed by atoms with van der Waals surface area (Å²) in [5.74, 6) is 0.769. The van der Waals surface area contributed by atoms with Gasteiger partial charge in [-0.2, -0.15) is 5.10 Å². The maximum atomic E-state index is 5.16. The van der Waals surface area contributed by atoms with Gasteiger partial charge in [-0.25, -0.2) is 0 Å². The van der Waals surface area contributed by atoms with Gasteiger partial charge in [-0.05, 0) is 36.5 Å². The van der Waals surface area contributed by atoms with E-state index in [0.717, 1.165) is 17.1 Å². The van der Waals surface area contributed by atoms with Gasteiger partial charge < -0.3 is 14.6 Å². The zero-order chi connectivity index (χ0) is 14.4. The highest BCUT2D eigenvalue weighted by atomic mass is 32.1. The van der Waals surface area contributed by atoms with Crippen LogP contribution in [0.1, 0.15) is 5.69 Å². The second-order valence-electron chi connectivity index (χ2n) is 4.10. The quantitative estimate of drug-likeness (QED) is 0.515. The number of nitrogens with zero attached hydrogens (tertiary/aromatic N) is 2. The molecule has 0 spiro atoms. The topological polar surface area (TPSA) is 50.6 Å². The number of methoxy groups -OCH3 is 1. The SMILES string of the molecule is COc1cccc(NC(=S)NN=Cc2cccn2C)c1. The van der Waals surface area contributed by atoms with Crippen molar-refractivity contribution in [1.82, 2.24) is 9.99 Å². The van der Waals surface area contributed by atoms with E-state index >= 15 is 0 Å². The minimum Gasteiger partial charge on any atom is -0.497 e. The zero-order valence-corrected chi connectivity index (χ0v) is 12.1. The van der Waals surface area contributed by atoms with Gasteiger partial charge in [0.25, 0.3) is 0 Å². The van der Waals surface area contributed by atoms with Crippen molar-refractivity contribution < 1.29 is 4.74 Å². The fourth-order valence-corrected chi connectivity index (χ4v) is 1.80. The van der Waals surface area contributed by atoms with Gasteiger partial charge in [-0.15, -0.1) is 0 Å². The van der Waals surface area contributed by atoms with Gasteiger partial charge in [0.15, 0.2) is 5.11 Å². The lowest BCUT2D eigenvalue weighted by Crippen LogP contribution is -2.23. The normalized spacial score (nSPS) is 10.5. The second kappa shape index (κ2) is 6.72. The molecule has 2 rings (SSSR count). The predicted octanol–water partition coefficient (Wildman–Crippen LogP) is 2.35. The first-order valence-corrected chi connectivity index (χ1v) is 6.45. The number of anilines is 1. The van der Waals surface area contributed by atoms with E-state index in [9.17, 15) is 0 Å². The van der Waals surface area contributed by atoms with Gasteiger partial charge in [-0.3, -0.25) is 5.43 Å². The minimum absolute atomic E-state index is 0.420. The summed E-state index contributed by atoms with van der Waals surface area (Å²) in [5, 5.41) is 7.53. The molecule has 0 fully saturated rings. The van der Waals surface area contributed by atoms with Crippen LogP contribution in [0.4, 0.5) is 5.69 Å². The summed E-state index contributed by atoms with van der Waals surface area (Å²) < 4.78 is 7.11. The van der Waals surface area contributed by atoms with Crippen molar-refractivity contribution in [3.63, 3.8) is 0 Å². The van der Waals surface area contributed by atoms with Crippen molar-refractivity contribution in [3.05, 3.63) is 48.3 Å². The molecule has 2 N–H and O–H groups in total. The van der Waals surface area contributed by atoms with E-state index in [4.69, 9.17) is 17.0 Å². The fraction of sp³-hybridized carbons (Fsp3) is 0.143. The molecule has 0 saturated heterocycles. The number of ether oxygens (including phenoxy) is 1. The number of thiocarbonyl (C=S) groups is 1. The smallest absolute Gasteiger partial charge is 0.191 e. The Morgan fingerprint density at radius 2 is 2.20 bits per heavy atom. The minimum atomic E-state index is 0.420. The molecular weight excluding hydrogens is 272 g/mol. The van der Waals surface area contributed by atoms with Crippen LogP contribution in [0.2, 0.25) is 0 Å². The number of nitrogens with one attached hydrogen (secondary N) is 2. The highest BCUT2D eigenvalue weighted by Gasteiger charge is 1.98. The van der Waals surface area contributed by atoms with Gasteiger partial charge in [0.05, 0.1) is 19.0 Å². The number of aromatic nitrogens is 1. The summed E-state index contributed by atoms with van der Waals surface area (Å²) in [6.45, 7) is 0. The lowest BCUT2D eigenvalue weighted by atomic mass is 10.3. The predicted molar refractivity (Wildman–Crippen MR) is 85.4 cm³/mol. The third-order valence-electron chi connectivity index (χ3n) is 2.67. The molecule has 104 valence electrons. The summed E-state index contributed by atoms with van der Waals surface area (Å²) in [6.07, 6.45) is 3.66. The third kappa shape index (κ3) is 3.83. The van der Waals surface area contributed by atoms with E-state index in [-0.39, 0.29) is 0 Å². The summed E-state index contributed by atoms with van der Waals surface area (Å²) in [4.78, 5) is 0. The summed E-state index contributed by atoms with van der Waals surface area (Å²) in [7, 11) is 3.58. The van der Waals surface area contributed by atoms with Crippen molar-refractivity contribution in [2.75, 3.05) is 12.4 Å². The number of aryl methyl sites for hydroxylation is 1. The molecular formula is C14H16N4OS. The van der Waals surface area contributed by atoms with Crippen LogP contribution in [0.25, 0.3) is 0 Å². The molecule has 5 nitrogen and oxygen atoms in total. The maximum Gasteiger partial charge on any atom is 0.191 e. The van der Waals surface area contributed by atoms with E-state index in [1.807, 2.05) is 54.2 Å². The van der Waals surface area contributed by atoms with Crippen molar-refractivity contribution in [2.24, 2.45) is 12.1 Å². The molecule has 0 aliphatic rings. The van der Waals surface area contributed by atoms with Gasteiger partial charge >= 0.3 is 0 Å². The van der Waals surface area contributed by atoms with Crippen LogP contribution in [-0.4, -0.2) is 23.0 Å². The third-order valence-corrected chi connectivity index (χ3v) is 2.87. The Morgan fingerprint density at radius 3 is 2.90 bits per heavy atom. The van der Waals surface area contributed by atoms with Gasteiger partial charge in [0.1, 0.15) is 5.75 Å². The van der Waals surface area contributed by atoms with E-state index in [2.05, 4.69) is 15.8 Å². The molecule has 0 atom stereocenters. The molecule has 1 heterocycles. The summed E-state index contributed by atoms with van der Waals surface area (Å²) in [6, 6.07) is 11.4. The molecule has 1 aromatic carbocycles. The van der Waals surface area contributed by atoms with Crippen molar-refractivity contribution in [1.29, 1.82) is 0 Å². The highest BCUT2D eigenvalue weighted by molar-refractivity contribution is 7.80. The number of benzene rings is 1. The molecule has 0 unspecified atom stereocenters. The van der Waals surface area contributed by atoms with Crippen molar-refractivity contribution in [3.8, 4) is 5.75 Å². The first-order valence-electron chi connectivity index (χ1n) is 6.04. The monoisotopic (exact) mass is 288 g/mol. The first kappa shape index (κ1) is 14.1. The van der Waals surface area contributed by atoms with Gasteiger partial charge in [-0.1, -0.05) is 6.07 Å². The molecule has 20 heavy (non-hydrogen) atoms. The largest absolute Gasteiger partial charge is 0.497 e. The van der Waals surface area contributed by atoms with E-state index in [1.165, 1.54) is 0 Å². The Morgan fingerprint density at radius 1 is 1.35 bits per heavy atom. The molecule has 0 aliphatic heterocycles. The molecule has 0 bridgehead atoms. The van der Waals surface area contributed by atoms with Crippen LogP contribution in [0.5, 0.6) is 5.75 Å². The fourth-order valence-electron chi connectivity index (χ4n) is 1.63. The number of hydrogen-bond acceptors (Lipinski definition) is 3. The Hall–Kier alpha value is -2.34. The van der Waals surface area contributed by atoms with Crippen LogP contribution in [0, 0.1) is 0 Å². The van der Waals surface area contributed by atoms with E-state index in [0.29, 0.717) is 5.11 Å². The molecule has 0 aliphatic carbocycles. The Labute approximate surface area is 123 Å². The molecule has 6 heteroatoms. The number of hydrazone groups is 1. The zero-order valence-electron chi connectivity index (χ0n) is 11.3. The van der Waals surface area contributed by atoms with Gasteiger partial charge in [0.2, 0.25) is 0 Å². The van der Waals surface area contributed by atoms with E-state index in [1.54, 1.807) is 13.3 Å². The maximum absolute atomic E-state index is 5.16. The molecule has 1 aromatic heterocycles. The molecule has 2 aromatic rings. The second-order valence-corrected chi connectivity index (χ2v) is 4.51. The average molecular weight is 288 g/mol. The summed E-state index contributed by atoms with van der Waals surface area (Å²) in [5.41, 5.74) is 4.60. The van der Waals surface area contributed by atoms with Crippen molar-refractivity contribution >= 4 is 29.2 Å². The van der Waals surface area contributed by atoms with Crippen LogP contribution < -0.4 is 15.5 Å². The molecule has 0 radical (unpaired) electrons. The van der Waals surface area contributed by atoms with Crippen LogP contribution in [-0.2, 0) is 7.05 Å². The Kier molecular flexibility index (Phi) is 4.73. The highest BCUT2D eigenvalue weighted by Crippen LogP contribution is 2.16. The first-order chi connectivity index (χ1) is 9.69. The Bertz CT molecular complexity index is 621. The molecule has 0 amide bonds. The Balaban J connectivity index is 1.89. The lowest BCUT2D eigenvalue weighted by molar-refractivity contribution is 0.415. The lowest BCUT2D eigenvalue weighted by Gasteiger charge is -2.08.